The summed E-state index contributed by atoms with van der Waals surface area (Å²) in [5.74, 6) is 0.197. The molecule has 5 nitrogen and oxygen atoms in total. The zero-order chi connectivity index (χ0) is 18.2. The number of rotatable bonds is 7. The fourth-order valence-electron chi connectivity index (χ4n) is 3.54. The first-order chi connectivity index (χ1) is 11.9. The van der Waals surface area contributed by atoms with E-state index in [2.05, 4.69) is 4.98 Å². The van der Waals surface area contributed by atoms with Gasteiger partial charge in [0.15, 0.2) is 0 Å². The van der Waals surface area contributed by atoms with E-state index in [4.69, 9.17) is 9.83 Å². The molecule has 2 heterocycles. The van der Waals surface area contributed by atoms with Crippen molar-refractivity contribution >= 4 is 28.6 Å². The van der Waals surface area contributed by atoms with Gasteiger partial charge in [-0.15, -0.1) is 11.3 Å². The minimum Gasteiger partial charge on any atom is -0.444 e. The molecule has 0 aromatic carbocycles. The SMILES string of the molecule is CCCC(=O)C1(C(=N)C(=O)c2c(C)sc(-c3ncco3)c2C)CCC1. The highest BCUT2D eigenvalue weighted by Gasteiger charge is 2.49. The Morgan fingerprint density at radius 1 is 1.36 bits per heavy atom. The molecule has 132 valence electrons. The Morgan fingerprint density at radius 2 is 2.08 bits per heavy atom. The number of carbonyl (C=O) groups is 2. The topological polar surface area (TPSA) is 84.0 Å². The average molecular weight is 358 g/mol. The molecule has 1 aliphatic rings. The van der Waals surface area contributed by atoms with E-state index in [0.717, 1.165) is 28.2 Å². The normalized spacial score (nSPS) is 15.6. The molecule has 1 fully saturated rings. The molecule has 0 radical (unpaired) electrons. The minimum atomic E-state index is -0.864. The highest BCUT2D eigenvalue weighted by atomic mass is 32.1. The first-order valence-corrected chi connectivity index (χ1v) is 9.41. The summed E-state index contributed by atoms with van der Waals surface area (Å²) in [6, 6.07) is 0. The van der Waals surface area contributed by atoms with Crippen LogP contribution in [0.15, 0.2) is 16.9 Å². The van der Waals surface area contributed by atoms with Crippen LogP contribution in [0.1, 0.15) is 59.8 Å². The molecule has 1 saturated carbocycles. The third kappa shape index (κ3) is 2.78. The number of nitrogens with one attached hydrogen (secondary N) is 1. The average Bonchev–Trinajstić information content (AvgIpc) is 3.14. The maximum atomic E-state index is 13.1. The second-order valence-electron chi connectivity index (χ2n) is 6.64. The number of oxazole rings is 1. The summed E-state index contributed by atoms with van der Waals surface area (Å²) >= 11 is 1.44. The van der Waals surface area contributed by atoms with Crippen LogP contribution in [-0.4, -0.2) is 22.3 Å². The largest absolute Gasteiger partial charge is 0.444 e. The van der Waals surface area contributed by atoms with Crippen molar-refractivity contribution in [3.8, 4) is 10.8 Å². The predicted molar refractivity (Wildman–Crippen MR) is 97.5 cm³/mol. The Hall–Kier alpha value is -2.08. The molecular weight excluding hydrogens is 336 g/mol. The number of ketones is 2. The Labute approximate surface area is 151 Å². The van der Waals surface area contributed by atoms with Gasteiger partial charge in [-0.1, -0.05) is 13.3 Å². The van der Waals surface area contributed by atoms with Crippen LogP contribution in [0.5, 0.6) is 0 Å². The van der Waals surface area contributed by atoms with Gasteiger partial charge in [-0.05, 0) is 38.7 Å². The summed E-state index contributed by atoms with van der Waals surface area (Å²) in [5.41, 5.74) is 0.396. The lowest BCUT2D eigenvalue weighted by molar-refractivity contribution is -0.128. The molecule has 25 heavy (non-hydrogen) atoms. The highest BCUT2D eigenvalue weighted by Crippen LogP contribution is 2.45. The van der Waals surface area contributed by atoms with Gasteiger partial charge in [-0.25, -0.2) is 4.98 Å². The number of aryl methyl sites for hydroxylation is 1. The van der Waals surface area contributed by atoms with Crippen LogP contribution in [0.4, 0.5) is 0 Å². The van der Waals surface area contributed by atoms with Crippen molar-refractivity contribution in [1.82, 2.24) is 4.98 Å². The van der Waals surface area contributed by atoms with Crippen molar-refractivity contribution in [2.75, 3.05) is 0 Å². The molecule has 0 atom stereocenters. The molecular formula is C19H22N2O3S. The van der Waals surface area contributed by atoms with E-state index >= 15 is 0 Å². The lowest BCUT2D eigenvalue weighted by Crippen LogP contribution is -2.48. The lowest BCUT2D eigenvalue weighted by atomic mass is 9.61. The van der Waals surface area contributed by atoms with Crippen molar-refractivity contribution in [2.24, 2.45) is 5.41 Å². The van der Waals surface area contributed by atoms with E-state index in [9.17, 15) is 9.59 Å². The zero-order valence-corrected chi connectivity index (χ0v) is 15.6. The second kappa shape index (κ2) is 6.67. The molecule has 2 aromatic heterocycles. The van der Waals surface area contributed by atoms with Crippen molar-refractivity contribution in [2.45, 2.75) is 52.9 Å². The molecule has 0 amide bonds. The summed E-state index contributed by atoms with van der Waals surface area (Å²) in [6.45, 7) is 5.67. The lowest BCUT2D eigenvalue weighted by Gasteiger charge is -2.40. The smallest absolute Gasteiger partial charge is 0.236 e. The molecule has 2 aromatic rings. The number of hydrogen-bond donors (Lipinski definition) is 1. The molecule has 0 unspecified atom stereocenters. The third-order valence-electron chi connectivity index (χ3n) is 5.10. The van der Waals surface area contributed by atoms with E-state index in [1.807, 2.05) is 20.8 Å². The third-order valence-corrected chi connectivity index (χ3v) is 6.30. The number of hydrogen-bond acceptors (Lipinski definition) is 6. The molecule has 1 aliphatic carbocycles. The fourth-order valence-corrected chi connectivity index (χ4v) is 4.63. The Balaban J connectivity index is 1.96. The summed E-state index contributed by atoms with van der Waals surface area (Å²) in [5, 5.41) is 8.52. The van der Waals surface area contributed by atoms with Crippen LogP contribution in [0.25, 0.3) is 10.8 Å². The van der Waals surface area contributed by atoms with Crippen LogP contribution in [0, 0.1) is 24.7 Å². The summed E-state index contributed by atoms with van der Waals surface area (Å²) in [6.07, 6.45) is 6.37. The van der Waals surface area contributed by atoms with Crippen molar-refractivity contribution in [3.63, 3.8) is 0 Å². The van der Waals surface area contributed by atoms with E-state index in [1.165, 1.54) is 17.6 Å². The number of thiophene rings is 1. The number of nitrogens with zero attached hydrogens (tertiary/aromatic N) is 1. The summed E-state index contributed by atoms with van der Waals surface area (Å²) in [4.78, 5) is 31.5. The Morgan fingerprint density at radius 3 is 2.60 bits per heavy atom. The van der Waals surface area contributed by atoms with Crippen LogP contribution in [0.3, 0.4) is 0 Å². The Bertz CT molecular complexity index is 829. The quantitative estimate of drug-likeness (QED) is 0.571. The van der Waals surface area contributed by atoms with Crippen LogP contribution < -0.4 is 0 Å². The molecule has 1 N–H and O–H groups in total. The number of Topliss-reactive ketones (excluding diaryl/α,β-unsaturated/α-hetero) is 2. The molecule has 0 spiro atoms. The van der Waals surface area contributed by atoms with Crippen molar-refractivity contribution in [3.05, 3.63) is 28.5 Å². The molecule has 3 rings (SSSR count). The zero-order valence-electron chi connectivity index (χ0n) is 14.8. The predicted octanol–water partition coefficient (Wildman–Crippen LogP) is 4.76. The first-order valence-electron chi connectivity index (χ1n) is 8.59. The standard InChI is InChI=1S/C19H22N2O3S/c1-4-6-13(22)19(7-5-8-19)17(20)15(23)14-11(2)16(25-12(14)3)18-21-9-10-24-18/h9-10,20H,4-8H2,1-3H3. The van der Waals surface area contributed by atoms with E-state index in [0.29, 0.717) is 30.7 Å². The van der Waals surface area contributed by atoms with E-state index in [-0.39, 0.29) is 17.3 Å². The second-order valence-corrected chi connectivity index (χ2v) is 7.86. The molecule has 0 saturated heterocycles. The van der Waals surface area contributed by atoms with Gasteiger partial charge in [0.05, 0.1) is 22.2 Å². The molecule has 6 heteroatoms. The maximum Gasteiger partial charge on any atom is 0.236 e. The van der Waals surface area contributed by atoms with Gasteiger partial charge in [0, 0.05) is 16.9 Å². The monoisotopic (exact) mass is 358 g/mol. The summed E-state index contributed by atoms with van der Waals surface area (Å²) < 4.78 is 5.36. The number of aromatic nitrogens is 1. The van der Waals surface area contributed by atoms with Gasteiger partial charge in [-0.3, -0.25) is 9.59 Å². The van der Waals surface area contributed by atoms with Gasteiger partial charge in [-0.2, -0.15) is 0 Å². The highest BCUT2D eigenvalue weighted by molar-refractivity contribution is 7.16. The maximum absolute atomic E-state index is 13.1. The van der Waals surface area contributed by atoms with Crippen LogP contribution >= 0.6 is 11.3 Å². The van der Waals surface area contributed by atoms with Gasteiger partial charge >= 0.3 is 0 Å². The van der Waals surface area contributed by atoms with Gasteiger partial charge in [0.25, 0.3) is 0 Å². The van der Waals surface area contributed by atoms with Crippen molar-refractivity contribution < 1.29 is 14.0 Å². The Kier molecular flexibility index (Phi) is 4.73. The van der Waals surface area contributed by atoms with Crippen molar-refractivity contribution in [1.29, 1.82) is 5.41 Å². The fraction of sp³-hybridized carbons (Fsp3) is 0.474. The van der Waals surface area contributed by atoms with E-state index < -0.39 is 5.41 Å². The van der Waals surface area contributed by atoms with E-state index in [1.54, 1.807) is 6.20 Å². The van der Waals surface area contributed by atoms with Gasteiger partial charge in [0.2, 0.25) is 11.7 Å². The van der Waals surface area contributed by atoms with Crippen LogP contribution in [-0.2, 0) is 4.79 Å². The number of carbonyl (C=O) groups excluding carboxylic acids is 2. The van der Waals surface area contributed by atoms with Crippen LogP contribution in [0.2, 0.25) is 0 Å². The minimum absolute atomic E-state index is 0.0399. The van der Waals surface area contributed by atoms with Gasteiger partial charge < -0.3 is 9.83 Å². The first kappa shape index (κ1) is 17.7. The summed E-state index contributed by atoms with van der Waals surface area (Å²) in [7, 11) is 0. The van der Waals surface area contributed by atoms with Gasteiger partial charge in [0.1, 0.15) is 12.0 Å². The molecule has 0 aliphatic heterocycles. The molecule has 0 bridgehead atoms.